The summed E-state index contributed by atoms with van der Waals surface area (Å²) in [5.74, 6) is 0.792. The number of benzene rings is 4. The second kappa shape index (κ2) is 7.74. The molecule has 0 radical (unpaired) electrons. The lowest BCUT2D eigenvalue weighted by Crippen LogP contribution is -2.15. The van der Waals surface area contributed by atoms with Crippen molar-refractivity contribution in [3.63, 3.8) is 0 Å². The highest BCUT2D eigenvalue weighted by molar-refractivity contribution is 6.04. The third kappa shape index (κ3) is 3.10. The van der Waals surface area contributed by atoms with Gasteiger partial charge < -0.3 is 9.73 Å². The van der Waals surface area contributed by atoms with Gasteiger partial charge in [-0.3, -0.25) is 0 Å². The van der Waals surface area contributed by atoms with Gasteiger partial charge in [-0.2, -0.15) is 0 Å². The summed E-state index contributed by atoms with van der Waals surface area (Å²) < 4.78 is 6.22. The Kier molecular flexibility index (Phi) is 4.76. The molecule has 0 aliphatic heterocycles. The highest BCUT2D eigenvalue weighted by Gasteiger charge is 2.37. The minimum Gasteiger partial charge on any atom is -0.454 e. The van der Waals surface area contributed by atoms with Gasteiger partial charge in [0.2, 0.25) is 0 Å². The maximum Gasteiger partial charge on any atom is 0.158 e. The van der Waals surface area contributed by atoms with Crippen molar-refractivity contribution < 1.29 is 4.42 Å². The van der Waals surface area contributed by atoms with E-state index in [1.807, 2.05) is 13.0 Å². The van der Waals surface area contributed by atoms with E-state index in [0.717, 1.165) is 33.7 Å². The van der Waals surface area contributed by atoms with Gasteiger partial charge >= 0.3 is 0 Å². The zero-order valence-electron chi connectivity index (χ0n) is 20.7. The number of hydrogen-bond acceptors (Lipinski definition) is 2. The molecule has 1 N–H and O–H groups in total. The van der Waals surface area contributed by atoms with Crippen LogP contribution in [-0.4, -0.2) is 0 Å². The normalized spacial score (nSPS) is 13.9. The molecule has 1 aromatic heterocycles. The predicted molar refractivity (Wildman–Crippen MR) is 151 cm³/mol. The van der Waals surface area contributed by atoms with Crippen LogP contribution in [0.25, 0.3) is 45.0 Å². The van der Waals surface area contributed by atoms with E-state index >= 15 is 0 Å². The summed E-state index contributed by atoms with van der Waals surface area (Å²) in [6.07, 6.45) is 5.89. The van der Waals surface area contributed by atoms with Crippen molar-refractivity contribution >= 4 is 45.3 Å². The SMILES string of the molecule is C=Cc1oc2c(Nc3ccc4c(c3)C(C)(C)c3cc(C)c5ccccc5c3-4)cccc2c1/C=C\C. The third-order valence-corrected chi connectivity index (χ3v) is 7.47. The molecule has 6 rings (SSSR count). The lowest BCUT2D eigenvalue weighted by Gasteiger charge is -2.23. The van der Waals surface area contributed by atoms with Gasteiger partial charge in [-0.25, -0.2) is 0 Å². The van der Waals surface area contributed by atoms with Crippen LogP contribution in [0, 0.1) is 6.92 Å². The largest absolute Gasteiger partial charge is 0.454 e. The minimum absolute atomic E-state index is 0.0804. The van der Waals surface area contributed by atoms with Crippen molar-refractivity contribution in [2.75, 3.05) is 5.32 Å². The molecule has 0 unspecified atom stereocenters. The third-order valence-electron chi connectivity index (χ3n) is 7.47. The maximum absolute atomic E-state index is 6.22. The Morgan fingerprint density at radius 3 is 2.43 bits per heavy atom. The second-order valence-electron chi connectivity index (χ2n) is 9.94. The van der Waals surface area contributed by atoms with Crippen molar-refractivity contribution in [3.05, 3.63) is 107 Å². The molecule has 35 heavy (non-hydrogen) atoms. The van der Waals surface area contributed by atoms with Crippen LogP contribution in [0.15, 0.2) is 83.8 Å². The summed E-state index contributed by atoms with van der Waals surface area (Å²) >= 11 is 0. The zero-order chi connectivity index (χ0) is 24.3. The molecular weight excluding hydrogens is 426 g/mol. The molecule has 0 atom stereocenters. The number of furan rings is 1. The summed E-state index contributed by atoms with van der Waals surface area (Å²) in [4.78, 5) is 0. The first kappa shape index (κ1) is 21.5. The van der Waals surface area contributed by atoms with Gasteiger partial charge in [0.05, 0.1) is 5.69 Å². The van der Waals surface area contributed by atoms with Crippen LogP contribution in [0.2, 0.25) is 0 Å². The topological polar surface area (TPSA) is 25.2 Å². The van der Waals surface area contributed by atoms with Crippen molar-refractivity contribution in [2.45, 2.75) is 33.1 Å². The molecule has 0 amide bonds. The summed E-state index contributed by atoms with van der Waals surface area (Å²) in [7, 11) is 0. The summed E-state index contributed by atoms with van der Waals surface area (Å²) in [6.45, 7) is 12.8. The number of anilines is 2. The fourth-order valence-corrected chi connectivity index (χ4v) is 5.74. The van der Waals surface area contributed by atoms with Crippen LogP contribution in [0.3, 0.4) is 0 Å². The maximum atomic E-state index is 6.22. The monoisotopic (exact) mass is 455 g/mol. The molecular formula is C33H29NO. The summed E-state index contributed by atoms with van der Waals surface area (Å²) in [5, 5.41) is 7.39. The molecule has 1 aliphatic rings. The number of para-hydroxylation sites is 1. The fraction of sp³-hybridized carbons (Fsp3) is 0.152. The second-order valence-corrected chi connectivity index (χ2v) is 9.94. The molecule has 1 aliphatic carbocycles. The molecule has 172 valence electrons. The first-order valence-electron chi connectivity index (χ1n) is 12.2. The van der Waals surface area contributed by atoms with E-state index in [-0.39, 0.29) is 5.41 Å². The van der Waals surface area contributed by atoms with Crippen LogP contribution < -0.4 is 5.32 Å². The molecule has 4 aromatic carbocycles. The average Bonchev–Trinajstić information content (AvgIpc) is 3.33. The molecule has 0 fully saturated rings. The highest BCUT2D eigenvalue weighted by atomic mass is 16.3. The fourth-order valence-electron chi connectivity index (χ4n) is 5.74. The Balaban J connectivity index is 1.48. The number of rotatable bonds is 4. The van der Waals surface area contributed by atoms with Crippen molar-refractivity contribution in [1.82, 2.24) is 0 Å². The van der Waals surface area contributed by atoms with Gasteiger partial charge in [0.15, 0.2) is 5.58 Å². The van der Waals surface area contributed by atoms with E-state index in [1.165, 1.54) is 38.6 Å². The first-order chi connectivity index (χ1) is 16.9. The van der Waals surface area contributed by atoms with Crippen molar-refractivity contribution in [1.29, 1.82) is 0 Å². The van der Waals surface area contributed by atoms with Gasteiger partial charge in [-0.05, 0) is 76.7 Å². The summed E-state index contributed by atoms with van der Waals surface area (Å²) in [5.41, 5.74) is 10.6. The van der Waals surface area contributed by atoms with E-state index in [1.54, 1.807) is 6.08 Å². The number of allylic oxidation sites excluding steroid dienone is 1. The van der Waals surface area contributed by atoms with E-state index in [0.29, 0.717) is 0 Å². The highest BCUT2D eigenvalue weighted by Crippen LogP contribution is 2.52. The zero-order valence-corrected chi connectivity index (χ0v) is 20.7. The summed E-state index contributed by atoms with van der Waals surface area (Å²) in [6, 6.07) is 24.2. The van der Waals surface area contributed by atoms with Crippen LogP contribution in [-0.2, 0) is 5.41 Å². The van der Waals surface area contributed by atoms with Crippen LogP contribution in [0.1, 0.15) is 48.8 Å². The molecule has 1 heterocycles. The Hall–Kier alpha value is -4.04. The molecule has 0 saturated carbocycles. The van der Waals surface area contributed by atoms with Crippen molar-refractivity contribution in [3.8, 4) is 11.1 Å². The van der Waals surface area contributed by atoms with E-state index in [4.69, 9.17) is 4.42 Å². The number of aryl methyl sites for hydroxylation is 1. The van der Waals surface area contributed by atoms with Gasteiger partial charge in [0, 0.05) is 22.1 Å². The minimum atomic E-state index is -0.0804. The smallest absolute Gasteiger partial charge is 0.158 e. The van der Waals surface area contributed by atoms with E-state index in [2.05, 4.69) is 105 Å². The van der Waals surface area contributed by atoms with Crippen LogP contribution >= 0.6 is 0 Å². The van der Waals surface area contributed by atoms with Crippen LogP contribution in [0.5, 0.6) is 0 Å². The van der Waals surface area contributed by atoms with E-state index < -0.39 is 0 Å². The van der Waals surface area contributed by atoms with Gasteiger partial charge in [0.25, 0.3) is 0 Å². The van der Waals surface area contributed by atoms with Crippen molar-refractivity contribution in [2.24, 2.45) is 0 Å². The van der Waals surface area contributed by atoms with Gasteiger partial charge in [-0.15, -0.1) is 0 Å². The molecule has 0 saturated heterocycles. The Bertz CT molecular complexity index is 1680. The molecule has 2 heteroatoms. The molecule has 0 bridgehead atoms. The Labute approximate surface area is 206 Å². The van der Waals surface area contributed by atoms with Crippen LogP contribution in [0.4, 0.5) is 11.4 Å². The van der Waals surface area contributed by atoms with Gasteiger partial charge in [0.1, 0.15) is 5.76 Å². The number of hydrogen-bond donors (Lipinski definition) is 1. The van der Waals surface area contributed by atoms with E-state index in [9.17, 15) is 0 Å². The Morgan fingerprint density at radius 2 is 1.66 bits per heavy atom. The number of nitrogens with one attached hydrogen (secondary N) is 1. The molecule has 5 aromatic rings. The average molecular weight is 456 g/mol. The van der Waals surface area contributed by atoms with Gasteiger partial charge in [-0.1, -0.05) is 81.1 Å². The molecule has 0 spiro atoms. The lowest BCUT2D eigenvalue weighted by molar-refractivity contribution is 0.604. The quantitative estimate of drug-likeness (QED) is 0.292. The number of fused-ring (bicyclic) bond motifs is 6. The Morgan fingerprint density at radius 1 is 0.886 bits per heavy atom. The predicted octanol–water partition coefficient (Wildman–Crippen LogP) is 9.62. The first-order valence-corrected chi connectivity index (χ1v) is 12.2. The molecule has 2 nitrogen and oxygen atoms in total. The standard InChI is InChI=1S/C33H29NO/c1-6-11-23-25-14-10-15-29(32(25)35-30(23)7-2)34-21-16-17-26-27(19-21)33(4,5)28-18-20(3)22-12-8-9-13-24(22)31(26)28/h6-19,34H,2H2,1,3-5H3/b11-6-. The lowest BCUT2D eigenvalue weighted by atomic mass is 9.81.